The van der Waals surface area contributed by atoms with Crippen LogP contribution in [0.4, 0.5) is 0 Å². The number of carbonyl (C=O) groups is 2. The summed E-state index contributed by atoms with van der Waals surface area (Å²) in [5.41, 5.74) is 0.904. The predicted molar refractivity (Wildman–Crippen MR) is 96.2 cm³/mol. The Balaban J connectivity index is 2.76. The van der Waals surface area contributed by atoms with Crippen LogP contribution in [0, 0.1) is 11.8 Å². The molecule has 0 aliphatic heterocycles. The van der Waals surface area contributed by atoms with Gasteiger partial charge in [0.2, 0.25) is 5.91 Å². The molecule has 1 rings (SSSR count). The molecule has 0 fully saturated rings. The van der Waals surface area contributed by atoms with Gasteiger partial charge in [-0.1, -0.05) is 56.3 Å². The highest BCUT2D eigenvalue weighted by molar-refractivity contribution is 5.79. The van der Waals surface area contributed by atoms with Crippen LogP contribution in [0.2, 0.25) is 0 Å². The third-order valence-electron chi connectivity index (χ3n) is 3.80. The second kappa shape index (κ2) is 10.4. The van der Waals surface area contributed by atoms with Crippen molar-refractivity contribution in [3.8, 4) is 0 Å². The molecule has 0 spiro atoms. The van der Waals surface area contributed by atoms with E-state index in [0.29, 0.717) is 12.8 Å². The lowest BCUT2D eigenvalue weighted by Gasteiger charge is -2.22. The van der Waals surface area contributed by atoms with Crippen molar-refractivity contribution < 1.29 is 14.3 Å². The zero-order chi connectivity index (χ0) is 17.9. The molecule has 4 nitrogen and oxygen atoms in total. The topological polar surface area (TPSA) is 55.4 Å². The molecule has 0 aliphatic carbocycles. The SMILES string of the molecule is C=CCC(C)C(=O)NC(COC(=O)C(C)CC=C)c1ccccc1. The van der Waals surface area contributed by atoms with Crippen molar-refractivity contribution in [3.63, 3.8) is 0 Å². The van der Waals surface area contributed by atoms with E-state index in [9.17, 15) is 9.59 Å². The number of hydrogen-bond acceptors (Lipinski definition) is 3. The Bertz CT molecular complexity index is 553. The molecule has 0 saturated carbocycles. The maximum absolute atomic E-state index is 12.3. The fourth-order valence-corrected chi connectivity index (χ4v) is 2.23. The molecule has 0 saturated heterocycles. The molecule has 24 heavy (non-hydrogen) atoms. The second-order valence-corrected chi connectivity index (χ2v) is 5.95. The minimum atomic E-state index is -0.370. The highest BCUT2D eigenvalue weighted by Crippen LogP contribution is 2.16. The van der Waals surface area contributed by atoms with Crippen molar-refractivity contribution in [3.05, 3.63) is 61.2 Å². The fourth-order valence-electron chi connectivity index (χ4n) is 2.23. The maximum Gasteiger partial charge on any atom is 0.309 e. The van der Waals surface area contributed by atoms with Gasteiger partial charge in [0, 0.05) is 5.92 Å². The Kier molecular flexibility index (Phi) is 8.55. The van der Waals surface area contributed by atoms with E-state index in [1.165, 1.54) is 0 Å². The van der Waals surface area contributed by atoms with Gasteiger partial charge in [0.25, 0.3) is 0 Å². The molecule has 0 aliphatic rings. The Morgan fingerprint density at radius 3 is 2.25 bits per heavy atom. The monoisotopic (exact) mass is 329 g/mol. The van der Waals surface area contributed by atoms with Crippen molar-refractivity contribution in [1.82, 2.24) is 5.32 Å². The molecule has 1 aromatic carbocycles. The van der Waals surface area contributed by atoms with Crippen LogP contribution in [-0.4, -0.2) is 18.5 Å². The quantitative estimate of drug-likeness (QED) is 0.524. The summed E-state index contributed by atoms with van der Waals surface area (Å²) in [6.45, 7) is 11.0. The van der Waals surface area contributed by atoms with E-state index in [0.717, 1.165) is 5.56 Å². The molecule has 4 heteroatoms. The van der Waals surface area contributed by atoms with Gasteiger partial charge in [0.15, 0.2) is 0 Å². The lowest BCUT2D eigenvalue weighted by Crippen LogP contribution is -2.36. The minimum Gasteiger partial charge on any atom is -0.463 e. The third-order valence-corrected chi connectivity index (χ3v) is 3.80. The number of nitrogens with one attached hydrogen (secondary N) is 1. The number of rotatable bonds is 10. The van der Waals surface area contributed by atoms with Crippen LogP contribution >= 0.6 is 0 Å². The van der Waals surface area contributed by atoms with Crippen molar-refractivity contribution >= 4 is 11.9 Å². The summed E-state index contributed by atoms with van der Waals surface area (Å²) in [5.74, 6) is -0.790. The Hall–Kier alpha value is -2.36. The van der Waals surface area contributed by atoms with Gasteiger partial charge < -0.3 is 10.1 Å². The number of amides is 1. The molecule has 0 aromatic heterocycles. The summed E-state index contributed by atoms with van der Waals surface area (Å²) in [5, 5.41) is 2.96. The summed E-state index contributed by atoms with van der Waals surface area (Å²) >= 11 is 0. The zero-order valence-electron chi connectivity index (χ0n) is 14.5. The molecule has 0 heterocycles. The summed E-state index contributed by atoms with van der Waals surface area (Å²) in [6, 6.07) is 9.13. The minimum absolute atomic E-state index is 0.0843. The Morgan fingerprint density at radius 1 is 1.08 bits per heavy atom. The molecular formula is C20H27NO3. The molecule has 3 atom stereocenters. The molecular weight excluding hydrogens is 302 g/mol. The standard InChI is InChI=1S/C20H27NO3/c1-5-10-15(3)19(22)21-18(17-12-8-7-9-13-17)14-24-20(23)16(4)11-6-2/h5-9,12-13,15-16,18H,1-2,10-11,14H2,3-4H3,(H,21,22). The van der Waals surface area contributed by atoms with Crippen molar-refractivity contribution in [2.75, 3.05) is 6.61 Å². The van der Waals surface area contributed by atoms with Gasteiger partial charge in [-0.2, -0.15) is 0 Å². The fraction of sp³-hybridized carbons (Fsp3) is 0.400. The van der Waals surface area contributed by atoms with Crippen molar-refractivity contribution in [2.45, 2.75) is 32.7 Å². The largest absolute Gasteiger partial charge is 0.463 e. The van der Waals surface area contributed by atoms with Crippen LogP contribution in [0.1, 0.15) is 38.3 Å². The van der Waals surface area contributed by atoms with Gasteiger partial charge in [-0.05, 0) is 18.4 Å². The Labute approximate surface area is 144 Å². The van der Waals surface area contributed by atoms with E-state index in [4.69, 9.17) is 4.74 Å². The normalized spacial score (nSPS) is 14.1. The average Bonchev–Trinajstić information content (AvgIpc) is 2.59. The molecule has 1 amide bonds. The Morgan fingerprint density at radius 2 is 1.67 bits per heavy atom. The summed E-state index contributed by atoms with van der Waals surface area (Å²) in [6.07, 6.45) is 4.58. The van der Waals surface area contributed by atoms with Crippen molar-refractivity contribution in [1.29, 1.82) is 0 Å². The zero-order valence-corrected chi connectivity index (χ0v) is 14.5. The van der Waals surface area contributed by atoms with E-state index in [2.05, 4.69) is 18.5 Å². The first-order chi connectivity index (χ1) is 11.5. The van der Waals surface area contributed by atoms with Gasteiger partial charge in [-0.25, -0.2) is 0 Å². The summed E-state index contributed by atoms with van der Waals surface area (Å²) in [7, 11) is 0. The molecule has 0 bridgehead atoms. The van der Waals surface area contributed by atoms with Crippen LogP contribution in [0.5, 0.6) is 0 Å². The van der Waals surface area contributed by atoms with Crippen LogP contribution in [-0.2, 0) is 14.3 Å². The van der Waals surface area contributed by atoms with E-state index in [-0.39, 0.29) is 36.4 Å². The first-order valence-electron chi connectivity index (χ1n) is 8.23. The van der Waals surface area contributed by atoms with Gasteiger partial charge in [-0.3, -0.25) is 9.59 Å². The first-order valence-corrected chi connectivity index (χ1v) is 8.23. The van der Waals surface area contributed by atoms with Crippen molar-refractivity contribution in [2.24, 2.45) is 11.8 Å². The average molecular weight is 329 g/mol. The lowest BCUT2D eigenvalue weighted by molar-refractivity contribution is -0.149. The van der Waals surface area contributed by atoms with Gasteiger partial charge in [0.05, 0.1) is 12.0 Å². The van der Waals surface area contributed by atoms with Gasteiger partial charge in [0.1, 0.15) is 6.61 Å². The smallest absolute Gasteiger partial charge is 0.309 e. The number of benzene rings is 1. The summed E-state index contributed by atoms with van der Waals surface area (Å²) in [4.78, 5) is 24.3. The van der Waals surface area contributed by atoms with E-state index in [1.54, 1.807) is 19.1 Å². The number of esters is 1. The van der Waals surface area contributed by atoms with Crippen LogP contribution in [0.15, 0.2) is 55.6 Å². The highest BCUT2D eigenvalue weighted by Gasteiger charge is 2.21. The lowest BCUT2D eigenvalue weighted by atomic mass is 10.0. The number of carbonyl (C=O) groups excluding carboxylic acids is 2. The number of ether oxygens (including phenoxy) is 1. The van der Waals surface area contributed by atoms with E-state index in [1.807, 2.05) is 37.3 Å². The summed E-state index contributed by atoms with van der Waals surface area (Å²) < 4.78 is 5.39. The highest BCUT2D eigenvalue weighted by atomic mass is 16.5. The molecule has 1 aromatic rings. The third kappa shape index (κ3) is 6.41. The molecule has 0 radical (unpaired) electrons. The van der Waals surface area contributed by atoms with Crippen LogP contribution in [0.3, 0.4) is 0 Å². The number of allylic oxidation sites excluding steroid dienone is 2. The molecule has 3 unspecified atom stereocenters. The number of hydrogen-bond donors (Lipinski definition) is 1. The van der Waals surface area contributed by atoms with Crippen LogP contribution < -0.4 is 5.32 Å². The maximum atomic E-state index is 12.3. The molecule has 1 N–H and O–H groups in total. The van der Waals surface area contributed by atoms with Crippen LogP contribution in [0.25, 0.3) is 0 Å². The first kappa shape index (κ1) is 19.7. The van der Waals surface area contributed by atoms with E-state index >= 15 is 0 Å². The molecule has 130 valence electrons. The van der Waals surface area contributed by atoms with Gasteiger partial charge in [-0.15, -0.1) is 13.2 Å². The second-order valence-electron chi connectivity index (χ2n) is 5.95. The van der Waals surface area contributed by atoms with Gasteiger partial charge >= 0.3 is 5.97 Å². The van der Waals surface area contributed by atoms with E-state index < -0.39 is 0 Å². The predicted octanol–water partition coefficient (Wildman–Crippen LogP) is 3.81.